The lowest BCUT2D eigenvalue weighted by atomic mass is 10.3. The number of hydrogen-bond acceptors (Lipinski definition) is 3. The van der Waals surface area contributed by atoms with Gasteiger partial charge in [0, 0.05) is 19.8 Å². The van der Waals surface area contributed by atoms with Crippen molar-refractivity contribution in [2.75, 3.05) is 32.2 Å². The molecular formula is C11H15NO2. The van der Waals surface area contributed by atoms with E-state index in [4.69, 9.17) is 9.47 Å². The van der Waals surface area contributed by atoms with E-state index in [0.29, 0.717) is 12.7 Å². The zero-order chi connectivity index (χ0) is 9.97. The molecule has 1 aliphatic heterocycles. The summed E-state index contributed by atoms with van der Waals surface area (Å²) in [6.07, 6.45) is 0.323. The molecule has 76 valence electrons. The molecule has 2 rings (SSSR count). The van der Waals surface area contributed by atoms with Gasteiger partial charge in [-0.2, -0.15) is 0 Å². The van der Waals surface area contributed by atoms with E-state index in [2.05, 4.69) is 4.90 Å². The van der Waals surface area contributed by atoms with E-state index in [9.17, 15) is 0 Å². The second-order valence-corrected chi connectivity index (χ2v) is 3.65. The largest absolute Gasteiger partial charge is 0.491 e. The summed E-state index contributed by atoms with van der Waals surface area (Å²) >= 11 is 0. The second kappa shape index (κ2) is 3.88. The van der Waals surface area contributed by atoms with Crippen LogP contribution in [-0.4, -0.2) is 33.4 Å². The van der Waals surface area contributed by atoms with Crippen LogP contribution in [0.4, 0.5) is 5.69 Å². The summed E-state index contributed by atoms with van der Waals surface area (Å²) in [5, 5.41) is 0. The fourth-order valence-electron chi connectivity index (χ4n) is 1.19. The second-order valence-electron chi connectivity index (χ2n) is 3.65. The molecule has 1 atom stereocenters. The van der Waals surface area contributed by atoms with E-state index >= 15 is 0 Å². The number of rotatable bonds is 4. The van der Waals surface area contributed by atoms with Gasteiger partial charge in [0.05, 0.1) is 6.61 Å². The Morgan fingerprint density at radius 3 is 2.50 bits per heavy atom. The number of benzene rings is 1. The predicted octanol–water partition coefficient (Wildman–Crippen LogP) is 1.53. The van der Waals surface area contributed by atoms with Crippen LogP contribution in [0.5, 0.6) is 5.75 Å². The van der Waals surface area contributed by atoms with Crippen molar-refractivity contribution in [1.29, 1.82) is 0 Å². The molecule has 0 amide bonds. The van der Waals surface area contributed by atoms with E-state index in [1.54, 1.807) is 0 Å². The molecule has 3 nitrogen and oxygen atoms in total. The van der Waals surface area contributed by atoms with Gasteiger partial charge in [-0.25, -0.2) is 0 Å². The molecule has 14 heavy (non-hydrogen) atoms. The minimum atomic E-state index is 0.323. The molecule has 3 heteroatoms. The van der Waals surface area contributed by atoms with Gasteiger partial charge >= 0.3 is 0 Å². The Balaban J connectivity index is 1.91. The first-order valence-corrected chi connectivity index (χ1v) is 4.77. The van der Waals surface area contributed by atoms with E-state index in [1.807, 2.05) is 38.4 Å². The van der Waals surface area contributed by atoms with E-state index in [0.717, 1.165) is 12.4 Å². The lowest BCUT2D eigenvalue weighted by Crippen LogP contribution is -2.08. The summed E-state index contributed by atoms with van der Waals surface area (Å²) in [5.74, 6) is 0.908. The Kier molecular flexibility index (Phi) is 2.59. The van der Waals surface area contributed by atoms with Crippen LogP contribution in [-0.2, 0) is 4.74 Å². The summed E-state index contributed by atoms with van der Waals surface area (Å²) in [4.78, 5) is 2.06. The minimum Gasteiger partial charge on any atom is -0.491 e. The van der Waals surface area contributed by atoms with E-state index in [-0.39, 0.29) is 0 Å². The van der Waals surface area contributed by atoms with Crippen molar-refractivity contribution in [3.8, 4) is 5.75 Å². The maximum Gasteiger partial charge on any atom is 0.119 e. The molecule has 1 unspecified atom stereocenters. The quantitative estimate of drug-likeness (QED) is 0.678. The van der Waals surface area contributed by atoms with Gasteiger partial charge in [0.1, 0.15) is 18.5 Å². The monoisotopic (exact) mass is 193 g/mol. The Hall–Kier alpha value is -1.22. The smallest absolute Gasteiger partial charge is 0.119 e. The fraction of sp³-hybridized carbons (Fsp3) is 0.455. The van der Waals surface area contributed by atoms with Crippen molar-refractivity contribution in [1.82, 2.24) is 0 Å². The molecule has 1 heterocycles. The lowest BCUT2D eigenvalue weighted by Gasteiger charge is -2.12. The Morgan fingerprint density at radius 2 is 2.00 bits per heavy atom. The summed E-state index contributed by atoms with van der Waals surface area (Å²) in [5.41, 5.74) is 1.18. The summed E-state index contributed by atoms with van der Waals surface area (Å²) in [6.45, 7) is 1.51. The Morgan fingerprint density at radius 1 is 1.36 bits per heavy atom. The van der Waals surface area contributed by atoms with Crippen LogP contribution in [0.3, 0.4) is 0 Å². The van der Waals surface area contributed by atoms with Gasteiger partial charge in [-0.1, -0.05) is 0 Å². The molecule has 0 saturated carbocycles. The van der Waals surface area contributed by atoms with Crippen LogP contribution < -0.4 is 9.64 Å². The highest BCUT2D eigenvalue weighted by Crippen LogP contribution is 2.19. The molecule has 1 aromatic rings. The van der Waals surface area contributed by atoms with Crippen LogP contribution in [0.2, 0.25) is 0 Å². The summed E-state index contributed by atoms with van der Waals surface area (Å²) in [7, 11) is 4.04. The van der Waals surface area contributed by atoms with Crippen LogP contribution in [0, 0.1) is 0 Å². The topological polar surface area (TPSA) is 25.0 Å². The average molecular weight is 193 g/mol. The van der Waals surface area contributed by atoms with Crippen molar-refractivity contribution in [3.05, 3.63) is 24.3 Å². The van der Waals surface area contributed by atoms with Gasteiger partial charge in [0.25, 0.3) is 0 Å². The van der Waals surface area contributed by atoms with Crippen molar-refractivity contribution in [3.63, 3.8) is 0 Å². The molecule has 1 aliphatic rings. The van der Waals surface area contributed by atoms with Gasteiger partial charge < -0.3 is 14.4 Å². The number of ether oxygens (including phenoxy) is 2. The standard InChI is InChI=1S/C11H15NO2/c1-12(2)9-3-5-10(6-4-9)13-7-11-8-14-11/h3-6,11H,7-8H2,1-2H3. The highest BCUT2D eigenvalue weighted by Gasteiger charge is 2.22. The number of hydrogen-bond donors (Lipinski definition) is 0. The predicted molar refractivity (Wildman–Crippen MR) is 56.0 cm³/mol. The SMILES string of the molecule is CN(C)c1ccc(OCC2CO2)cc1. The van der Waals surface area contributed by atoms with Crippen LogP contribution >= 0.6 is 0 Å². The zero-order valence-electron chi connectivity index (χ0n) is 8.56. The summed E-state index contributed by atoms with van der Waals surface area (Å²) in [6, 6.07) is 8.06. The Labute approximate surface area is 84.2 Å². The highest BCUT2D eigenvalue weighted by atomic mass is 16.6. The third-order valence-corrected chi connectivity index (χ3v) is 2.19. The summed E-state index contributed by atoms with van der Waals surface area (Å²) < 4.78 is 10.6. The first-order chi connectivity index (χ1) is 6.75. The first-order valence-electron chi connectivity index (χ1n) is 4.77. The van der Waals surface area contributed by atoms with Crippen molar-refractivity contribution < 1.29 is 9.47 Å². The van der Waals surface area contributed by atoms with E-state index < -0.39 is 0 Å². The van der Waals surface area contributed by atoms with Gasteiger partial charge in [-0.3, -0.25) is 0 Å². The van der Waals surface area contributed by atoms with Gasteiger partial charge in [0.15, 0.2) is 0 Å². The average Bonchev–Trinajstić information content (AvgIpc) is 2.99. The molecule has 0 aromatic heterocycles. The van der Waals surface area contributed by atoms with Crippen molar-refractivity contribution >= 4 is 5.69 Å². The number of anilines is 1. The van der Waals surface area contributed by atoms with Crippen LogP contribution in [0.25, 0.3) is 0 Å². The lowest BCUT2D eigenvalue weighted by molar-refractivity contribution is 0.263. The third kappa shape index (κ3) is 2.39. The first kappa shape index (κ1) is 9.34. The molecule has 0 N–H and O–H groups in total. The van der Waals surface area contributed by atoms with E-state index in [1.165, 1.54) is 5.69 Å². The minimum absolute atomic E-state index is 0.323. The molecular weight excluding hydrogens is 178 g/mol. The molecule has 1 fully saturated rings. The van der Waals surface area contributed by atoms with Gasteiger partial charge in [0.2, 0.25) is 0 Å². The number of nitrogens with zero attached hydrogens (tertiary/aromatic N) is 1. The van der Waals surface area contributed by atoms with Crippen LogP contribution in [0.15, 0.2) is 24.3 Å². The molecule has 0 aliphatic carbocycles. The molecule has 1 saturated heterocycles. The van der Waals surface area contributed by atoms with Crippen molar-refractivity contribution in [2.24, 2.45) is 0 Å². The van der Waals surface area contributed by atoms with Gasteiger partial charge in [-0.15, -0.1) is 0 Å². The molecule has 0 spiro atoms. The normalized spacial score (nSPS) is 19.1. The fourth-order valence-corrected chi connectivity index (χ4v) is 1.19. The van der Waals surface area contributed by atoms with Crippen molar-refractivity contribution in [2.45, 2.75) is 6.10 Å². The molecule has 0 bridgehead atoms. The Bertz CT molecular complexity index is 291. The van der Waals surface area contributed by atoms with Crippen LogP contribution in [0.1, 0.15) is 0 Å². The maximum absolute atomic E-state index is 5.52. The number of epoxide rings is 1. The maximum atomic E-state index is 5.52. The van der Waals surface area contributed by atoms with Gasteiger partial charge in [-0.05, 0) is 24.3 Å². The zero-order valence-corrected chi connectivity index (χ0v) is 8.56. The third-order valence-electron chi connectivity index (χ3n) is 2.19. The highest BCUT2D eigenvalue weighted by molar-refractivity contribution is 5.47. The molecule has 0 radical (unpaired) electrons. The molecule has 1 aromatic carbocycles.